The molecule has 1 N–H and O–H groups in total. The molecule has 0 heterocycles. The summed E-state index contributed by atoms with van der Waals surface area (Å²) in [7, 11) is 7.90. The molecule has 1 aromatic rings. The number of rotatable bonds is 4. The molecule has 6 heteroatoms. The molecular weight excluding hydrogens is 391 g/mol. The van der Waals surface area contributed by atoms with Crippen molar-refractivity contribution in [3.05, 3.63) is 29.8 Å². The van der Waals surface area contributed by atoms with Crippen molar-refractivity contribution in [1.29, 1.82) is 0 Å². The zero-order valence-electron chi connectivity index (χ0n) is 14.3. The minimum atomic E-state index is -0.0167. The van der Waals surface area contributed by atoms with E-state index < -0.39 is 0 Å². The number of hydrogen-bond acceptors (Lipinski definition) is 2. The third kappa shape index (κ3) is 6.64. The second kappa shape index (κ2) is 9.66. The van der Waals surface area contributed by atoms with Gasteiger partial charge in [0.05, 0.1) is 6.54 Å². The lowest BCUT2D eigenvalue weighted by Gasteiger charge is -2.22. The Bertz CT molecular complexity index is 485. The maximum absolute atomic E-state index is 11.6. The molecule has 0 aliphatic heterocycles. The Labute approximate surface area is 150 Å². The quantitative estimate of drug-likeness (QED) is 0.465. The molecule has 0 radical (unpaired) electrons. The Kier molecular flexibility index (Phi) is 9.08. The lowest BCUT2D eigenvalue weighted by molar-refractivity contribution is -0.118. The van der Waals surface area contributed by atoms with E-state index in [1.54, 1.807) is 0 Å². The zero-order chi connectivity index (χ0) is 16.0. The molecule has 5 nitrogen and oxygen atoms in total. The van der Waals surface area contributed by atoms with E-state index >= 15 is 0 Å². The maximum atomic E-state index is 11.6. The molecule has 0 unspecified atom stereocenters. The Balaban J connectivity index is 0.00000441. The molecule has 1 amide bonds. The van der Waals surface area contributed by atoms with Gasteiger partial charge >= 0.3 is 0 Å². The number of nitrogens with one attached hydrogen (secondary N) is 1. The highest BCUT2D eigenvalue weighted by molar-refractivity contribution is 14.0. The smallest absolute Gasteiger partial charge is 0.226 e. The number of guanidine groups is 1. The van der Waals surface area contributed by atoms with Gasteiger partial charge < -0.3 is 15.1 Å². The highest BCUT2D eigenvalue weighted by Crippen LogP contribution is 2.12. The standard InChI is InChI=1S/C16H26N4O.HI/c1-12(2)15(21)18-14-9-7-13(8-10-14)11-17-16(19(3)4)20(5)6;/h7-10,12H,11H2,1-6H3,(H,18,21);1H. The van der Waals surface area contributed by atoms with Gasteiger partial charge in [-0.25, -0.2) is 4.99 Å². The van der Waals surface area contributed by atoms with Gasteiger partial charge in [0, 0.05) is 39.8 Å². The largest absolute Gasteiger partial charge is 0.349 e. The molecule has 124 valence electrons. The van der Waals surface area contributed by atoms with E-state index in [1.807, 2.05) is 76.1 Å². The summed E-state index contributed by atoms with van der Waals surface area (Å²) in [4.78, 5) is 20.2. The summed E-state index contributed by atoms with van der Waals surface area (Å²) in [6, 6.07) is 7.80. The van der Waals surface area contributed by atoms with Crippen molar-refractivity contribution in [2.45, 2.75) is 20.4 Å². The van der Waals surface area contributed by atoms with Crippen molar-refractivity contribution in [1.82, 2.24) is 9.80 Å². The number of benzene rings is 1. The molecule has 1 rings (SSSR count). The number of carbonyl (C=O) groups excluding carboxylic acids is 1. The second-order valence-electron chi connectivity index (χ2n) is 5.75. The lowest BCUT2D eigenvalue weighted by Crippen LogP contribution is -2.35. The maximum Gasteiger partial charge on any atom is 0.226 e. The average Bonchev–Trinajstić information content (AvgIpc) is 2.39. The van der Waals surface area contributed by atoms with Crippen LogP contribution in [0.3, 0.4) is 0 Å². The fourth-order valence-corrected chi connectivity index (χ4v) is 1.82. The van der Waals surface area contributed by atoms with Gasteiger partial charge in [0.2, 0.25) is 5.91 Å². The van der Waals surface area contributed by atoms with Gasteiger partial charge in [-0.15, -0.1) is 24.0 Å². The summed E-state index contributed by atoms with van der Waals surface area (Å²) >= 11 is 0. The van der Waals surface area contributed by atoms with E-state index in [1.165, 1.54) is 0 Å². The number of amides is 1. The fourth-order valence-electron chi connectivity index (χ4n) is 1.82. The van der Waals surface area contributed by atoms with E-state index in [0.717, 1.165) is 17.2 Å². The minimum absolute atomic E-state index is 0. The molecule has 0 spiro atoms. The SMILES string of the molecule is CC(C)C(=O)Nc1ccc(CN=C(N(C)C)N(C)C)cc1.I. The molecule has 0 aromatic heterocycles. The summed E-state index contributed by atoms with van der Waals surface area (Å²) in [5.41, 5.74) is 1.93. The van der Waals surface area contributed by atoms with Gasteiger partial charge in [-0.3, -0.25) is 4.79 Å². The van der Waals surface area contributed by atoms with Crippen LogP contribution in [0.25, 0.3) is 0 Å². The topological polar surface area (TPSA) is 47.9 Å². The van der Waals surface area contributed by atoms with Crippen molar-refractivity contribution in [3.63, 3.8) is 0 Å². The van der Waals surface area contributed by atoms with E-state index in [-0.39, 0.29) is 35.8 Å². The Morgan fingerprint density at radius 2 is 1.59 bits per heavy atom. The van der Waals surface area contributed by atoms with Crippen LogP contribution in [-0.4, -0.2) is 49.9 Å². The molecule has 22 heavy (non-hydrogen) atoms. The van der Waals surface area contributed by atoms with Crippen molar-refractivity contribution >= 4 is 41.5 Å². The van der Waals surface area contributed by atoms with Crippen LogP contribution in [0.5, 0.6) is 0 Å². The van der Waals surface area contributed by atoms with Gasteiger partial charge in [-0.2, -0.15) is 0 Å². The molecule has 0 saturated heterocycles. The van der Waals surface area contributed by atoms with Crippen molar-refractivity contribution < 1.29 is 4.79 Å². The number of anilines is 1. The molecule has 0 bridgehead atoms. The average molecular weight is 418 g/mol. The molecular formula is C16H27IN4O. The van der Waals surface area contributed by atoms with Crippen LogP contribution in [0.15, 0.2) is 29.3 Å². The molecule has 0 fully saturated rings. The summed E-state index contributed by atoms with van der Waals surface area (Å²) < 4.78 is 0. The predicted octanol–water partition coefficient (Wildman–Crippen LogP) is 2.88. The molecule has 0 aliphatic carbocycles. The van der Waals surface area contributed by atoms with Crippen LogP contribution < -0.4 is 5.32 Å². The normalized spacial score (nSPS) is 9.77. The van der Waals surface area contributed by atoms with Gasteiger partial charge in [-0.1, -0.05) is 26.0 Å². The number of hydrogen-bond donors (Lipinski definition) is 1. The monoisotopic (exact) mass is 418 g/mol. The van der Waals surface area contributed by atoms with Crippen LogP contribution in [0, 0.1) is 5.92 Å². The summed E-state index contributed by atoms with van der Waals surface area (Å²) in [6.07, 6.45) is 0. The highest BCUT2D eigenvalue weighted by atomic mass is 127. The van der Waals surface area contributed by atoms with Crippen LogP contribution in [0.4, 0.5) is 5.69 Å². The van der Waals surface area contributed by atoms with Crippen LogP contribution >= 0.6 is 24.0 Å². The number of nitrogens with zero attached hydrogens (tertiary/aromatic N) is 3. The fraction of sp³-hybridized carbons (Fsp3) is 0.500. The van der Waals surface area contributed by atoms with Gasteiger partial charge in [-0.05, 0) is 17.7 Å². The minimum Gasteiger partial charge on any atom is -0.349 e. The van der Waals surface area contributed by atoms with Gasteiger partial charge in [0.15, 0.2) is 5.96 Å². The predicted molar refractivity (Wildman–Crippen MR) is 104 cm³/mol. The molecule has 1 aromatic carbocycles. The first-order valence-electron chi connectivity index (χ1n) is 7.10. The highest BCUT2D eigenvalue weighted by Gasteiger charge is 2.07. The molecule has 0 aliphatic rings. The van der Waals surface area contributed by atoms with Crippen molar-refractivity contribution in [2.75, 3.05) is 33.5 Å². The lowest BCUT2D eigenvalue weighted by atomic mass is 10.2. The third-order valence-electron chi connectivity index (χ3n) is 2.95. The van der Waals surface area contributed by atoms with Crippen LogP contribution in [0.2, 0.25) is 0 Å². The molecule has 0 atom stereocenters. The Hall–Kier alpha value is -1.31. The van der Waals surface area contributed by atoms with Crippen LogP contribution in [-0.2, 0) is 11.3 Å². The number of halogens is 1. The summed E-state index contributed by atoms with van der Waals surface area (Å²) in [6.45, 7) is 4.37. The Morgan fingerprint density at radius 1 is 1.09 bits per heavy atom. The third-order valence-corrected chi connectivity index (χ3v) is 2.95. The first-order chi connectivity index (χ1) is 9.81. The van der Waals surface area contributed by atoms with Crippen LogP contribution in [0.1, 0.15) is 19.4 Å². The number of carbonyl (C=O) groups is 1. The molecule has 0 saturated carbocycles. The summed E-state index contributed by atoms with van der Waals surface area (Å²) in [5, 5.41) is 2.88. The van der Waals surface area contributed by atoms with Crippen molar-refractivity contribution in [2.24, 2.45) is 10.9 Å². The van der Waals surface area contributed by atoms with Gasteiger partial charge in [0.1, 0.15) is 0 Å². The Morgan fingerprint density at radius 3 is 2.00 bits per heavy atom. The first-order valence-corrected chi connectivity index (χ1v) is 7.10. The van der Waals surface area contributed by atoms with E-state index in [9.17, 15) is 4.79 Å². The zero-order valence-corrected chi connectivity index (χ0v) is 16.6. The van der Waals surface area contributed by atoms with E-state index in [0.29, 0.717) is 6.54 Å². The van der Waals surface area contributed by atoms with E-state index in [4.69, 9.17) is 0 Å². The van der Waals surface area contributed by atoms with Gasteiger partial charge in [0.25, 0.3) is 0 Å². The van der Waals surface area contributed by atoms with E-state index in [2.05, 4.69) is 10.3 Å². The summed E-state index contributed by atoms with van der Waals surface area (Å²) in [5.74, 6) is 0.937. The van der Waals surface area contributed by atoms with Crippen molar-refractivity contribution in [3.8, 4) is 0 Å². The first kappa shape index (κ1) is 20.7. The number of aliphatic imine (C=N–C) groups is 1. The second-order valence-corrected chi connectivity index (χ2v) is 5.75.